The molecule has 0 aliphatic carbocycles. The van der Waals surface area contributed by atoms with Gasteiger partial charge in [-0.15, -0.1) is 0 Å². The summed E-state index contributed by atoms with van der Waals surface area (Å²) in [5, 5.41) is 23.1. The molecule has 0 fully saturated rings. The fourth-order valence-corrected chi connectivity index (χ4v) is 2.75. The van der Waals surface area contributed by atoms with Crippen LogP contribution in [0.5, 0.6) is 5.75 Å². The maximum Gasteiger partial charge on any atom is 0.336 e. The normalized spacial score (nSPS) is 12.4. The number of phenolic OH excluding ortho intramolecular Hbond substituents is 1. The molecule has 0 saturated carbocycles. The van der Waals surface area contributed by atoms with Gasteiger partial charge in [0.2, 0.25) is 0 Å². The molecule has 0 amide bonds. The molecule has 2 rings (SSSR count). The number of nitrogens with one attached hydrogen (secondary N) is 1. The number of hydrogen-bond donors (Lipinski definition) is 3. The second-order valence-corrected chi connectivity index (χ2v) is 5.80. The first-order chi connectivity index (χ1) is 11.5. The number of carbonyl (C=O) groups is 1. The average molecular weight is 333 g/mol. The van der Waals surface area contributed by atoms with Gasteiger partial charge >= 0.3 is 11.6 Å². The maximum absolute atomic E-state index is 11.8. The van der Waals surface area contributed by atoms with Crippen LogP contribution in [0.25, 0.3) is 11.0 Å². The number of phenols is 1. The molecule has 0 unspecified atom stereocenters. The summed E-state index contributed by atoms with van der Waals surface area (Å²) in [5.74, 6) is -0.954. The Hall–Kier alpha value is -2.34. The van der Waals surface area contributed by atoms with E-state index in [0.29, 0.717) is 24.0 Å². The minimum Gasteiger partial charge on any atom is -0.507 e. The number of fused-ring (bicyclic) bond motifs is 1. The van der Waals surface area contributed by atoms with Crippen LogP contribution in [0.2, 0.25) is 0 Å². The third-order valence-corrected chi connectivity index (χ3v) is 4.13. The Balaban J connectivity index is 2.37. The van der Waals surface area contributed by atoms with Crippen LogP contribution in [0.3, 0.4) is 0 Å². The standard InChI is InChI=1S/C18H23NO5/c1-3-5-6-14(18(22)23)19-10-13-15(20)8-7-12-11(4-2)9-16(21)24-17(12)13/h7-9,14,19-20H,3-6,10H2,1-2H3,(H,22,23)/t14-/m1/s1. The predicted molar refractivity (Wildman–Crippen MR) is 91.3 cm³/mol. The molecule has 1 atom stereocenters. The molecular weight excluding hydrogens is 310 g/mol. The summed E-state index contributed by atoms with van der Waals surface area (Å²) in [6, 6.07) is 3.99. The minimum atomic E-state index is -0.932. The van der Waals surface area contributed by atoms with Crippen molar-refractivity contribution in [3.63, 3.8) is 0 Å². The smallest absolute Gasteiger partial charge is 0.336 e. The predicted octanol–water partition coefficient (Wildman–Crippen LogP) is 2.79. The molecule has 0 saturated heterocycles. The number of aliphatic carboxylic acids is 1. The van der Waals surface area contributed by atoms with Crippen LogP contribution in [0.1, 0.15) is 44.2 Å². The molecule has 24 heavy (non-hydrogen) atoms. The van der Waals surface area contributed by atoms with Crippen molar-refractivity contribution >= 4 is 16.9 Å². The van der Waals surface area contributed by atoms with Gasteiger partial charge in [0, 0.05) is 18.0 Å². The lowest BCUT2D eigenvalue weighted by Crippen LogP contribution is -2.36. The van der Waals surface area contributed by atoms with Crippen LogP contribution < -0.4 is 10.9 Å². The lowest BCUT2D eigenvalue weighted by Gasteiger charge is -2.16. The molecular formula is C18H23NO5. The van der Waals surface area contributed by atoms with E-state index in [9.17, 15) is 19.8 Å². The molecule has 130 valence electrons. The Bertz CT molecular complexity index is 781. The first-order valence-corrected chi connectivity index (χ1v) is 8.21. The van der Waals surface area contributed by atoms with Gasteiger partial charge in [-0.1, -0.05) is 26.7 Å². The van der Waals surface area contributed by atoms with Crippen LogP contribution in [-0.2, 0) is 17.8 Å². The van der Waals surface area contributed by atoms with Crippen molar-refractivity contribution in [3.05, 3.63) is 39.7 Å². The van der Waals surface area contributed by atoms with Crippen molar-refractivity contribution in [2.24, 2.45) is 0 Å². The van der Waals surface area contributed by atoms with Crippen molar-refractivity contribution < 1.29 is 19.4 Å². The molecule has 0 spiro atoms. The molecule has 0 radical (unpaired) electrons. The Morgan fingerprint density at radius 2 is 2.08 bits per heavy atom. The molecule has 0 aliphatic heterocycles. The average Bonchev–Trinajstić information content (AvgIpc) is 2.55. The van der Waals surface area contributed by atoms with Gasteiger partial charge in [-0.3, -0.25) is 4.79 Å². The first kappa shape index (κ1) is 18.0. The highest BCUT2D eigenvalue weighted by Crippen LogP contribution is 2.28. The third kappa shape index (κ3) is 3.94. The van der Waals surface area contributed by atoms with E-state index in [2.05, 4.69) is 5.32 Å². The van der Waals surface area contributed by atoms with Gasteiger partial charge in [0.1, 0.15) is 17.4 Å². The summed E-state index contributed by atoms with van der Waals surface area (Å²) < 4.78 is 5.29. The van der Waals surface area contributed by atoms with Crippen molar-refractivity contribution in [1.29, 1.82) is 0 Å². The van der Waals surface area contributed by atoms with Gasteiger partial charge in [-0.25, -0.2) is 4.79 Å². The highest BCUT2D eigenvalue weighted by atomic mass is 16.4. The highest BCUT2D eigenvalue weighted by molar-refractivity contribution is 5.85. The molecule has 6 heteroatoms. The summed E-state index contributed by atoms with van der Waals surface area (Å²) in [7, 11) is 0. The minimum absolute atomic E-state index is 0.0222. The molecule has 6 nitrogen and oxygen atoms in total. The number of carboxylic acid groups (broad SMARTS) is 1. The molecule has 0 aliphatic rings. The molecule has 0 bridgehead atoms. The van der Waals surface area contributed by atoms with Gasteiger partial charge in [-0.2, -0.15) is 0 Å². The molecule has 3 N–H and O–H groups in total. The second-order valence-electron chi connectivity index (χ2n) is 5.80. The summed E-state index contributed by atoms with van der Waals surface area (Å²) >= 11 is 0. The van der Waals surface area contributed by atoms with E-state index in [-0.39, 0.29) is 12.3 Å². The fraction of sp³-hybridized carbons (Fsp3) is 0.444. The second kappa shape index (κ2) is 7.97. The summed E-state index contributed by atoms with van der Waals surface area (Å²) in [6.07, 6.45) is 2.86. The first-order valence-electron chi connectivity index (χ1n) is 8.21. The summed E-state index contributed by atoms with van der Waals surface area (Å²) in [5.41, 5.74) is 1.07. The SMILES string of the molecule is CCCC[C@@H](NCc1c(O)ccc2c(CC)cc(=O)oc12)C(=O)O. The Labute approximate surface area is 140 Å². The Kier molecular flexibility index (Phi) is 5.98. The van der Waals surface area contributed by atoms with Crippen molar-refractivity contribution in [3.8, 4) is 5.75 Å². The van der Waals surface area contributed by atoms with E-state index >= 15 is 0 Å². The van der Waals surface area contributed by atoms with Crippen LogP contribution in [-0.4, -0.2) is 22.2 Å². The number of rotatable bonds is 8. The number of unbranched alkanes of at least 4 members (excludes halogenated alkanes) is 1. The lowest BCUT2D eigenvalue weighted by atomic mass is 10.0. The zero-order valence-corrected chi connectivity index (χ0v) is 14.0. The van der Waals surface area contributed by atoms with Crippen LogP contribution in [0.15, 0.2) is 27.4 Å². The Morgan fingerprint density at radius 3 is 2.71 bits per heavy atom. The number of hydrogen-bond acceptors (Lipinski definition) is 5. The zero-order valence-electron chi connectivity index (χ0n) is 14.0. The van der Waals surface area contributed by atoms with E-state index < -0.39 is 17.6 Å². The maximum atomic E-state index is 11.8. The number of benzene rings is 1. The van der Waals surface area contributed by atoms with Gasteiger partial charge in [-0.05, 0) is 30.5 Å². The van der Waals surface area contributed by atoms with Gasteiger partial charge < -0.3 is 19.9 Å². The molecule has 1 aromatic carbocycles. The van der Waals surface area contributed by atoms with Gasteiger partial charge in [0.25, 0.3) is 0 Å². The van der Waals surface area contributed by atoms with E-state index in [1.165, 1.54) is 6.07 Å². The fourth-order valence-electron chi connectivity index (χ4n) is 2.75. The lowest BCUT2D eigenvalue weighted by molar-refractivity contribution is -0.139. The zero-order chi connectivity index (χ0) is 17.7. The van der Waals surface area contributed by atoms with E-state index in [4.69, 9.17) is 4.42 Å². The van der Waals surface area contributed by atoms with Gasteiger partial charge in [0.15, 0.2) is 0 Å². The third-order valence-electron chi connectivity index (χ3n) is 4.13. The van der Waals surface area contributed by atoms with Crippen molar-refractivity contribution in [2.75, 3.05) is 0 Å². The van der Waals surface area contributed by atoms with E-state index in [0.717, 1.165) is 23.8 Å². The van der Waals surface area contributed by atoms with E-state index in [1.807, 2.05) is 13.8 Å². The van der Waals surface area contributed by atoms with Crippen molar-refractivity contribution in [2.45, 2.75) is 52.1 Å². The largest absolute Gasteiger partial charge is 0.507 e. The monoisotopic (exact) mass is 333 g/mol. The molecule has 1 heterocycles. The topological polar surface area (TPSA) is 99.8 Å². The molecule has 1 aromatic heterocycles. The number of carboxylic acids is 1. The summed E-state index contributed by atoms with van der Waals surface area (Å²) in [6.45, 7) is 4.04. The Morgan fingerprint density at radius 1 is 1.33 bits per heavy atom. The number of aromatic hydroxyl groups is 1. The van der Waals surface area contributed by atoms with Crippen molar-refractivity contribution in [1.82, 2.24) is 5.32 Å². The van der Waals surface area contributed by atoms with E-state index in [1.54, 1.807) is 12.1 Å². The van der Waals surface area contributed by atoms with Crippen LogP contribution in [0, 0.1) is 0 Å². The number of aryl methyl sites for hydroxylation is 1. The highest BCUT2D eigenvalue weighted by Gasteiger charge is 2.19. The van der Waals surface area contributed by atoms with Gasteiger partial charge in [0.05, 0.1) is 5.56 Å². The summed E-state index contributed by atoms with van der Waals surface area (Å²) in [4.78, 5) is 23.1. The van der Waals surface area contributed by atoms with Crippen LogP contribution >= 0.6 is 0 Å². The van der Waals surface area contributed by atoms with Crippen LogP contribution in [0.4, 0.5) is 0 Å². The quantitative estimate of drug-likeness (QED) is 0.642. The molecule has 2 aromatic rings.